The lowest BCUT2D eigenvalue weighted by atomic mass is 10.0. The molecule has 0 bridgehead atoms. The van der Waals surface area contributed by atoms with Crippen LogP contribution in [-0.4, -0.2) is 11.9 Å². The van der Waals surface area contributed by atoms with Crippen LogP contribution >= 0.6 is 0 Å². The van der Waals surface area contributed by atoms with E-state index in [1.165, 1.54) is 6.07 Å². The first-order valence-electron chi connectivity index (χ1n) is 8.11. The molecule has 2 aromatic rings. The van der Waals surface area contributed by atoms with E-state index in [2.05, 4.69) is 10.6 Å². The number of amides is 1. The summed E-state index contributed by atoms with van der Waals surface area (Å²) in [6, 6.07) is 12.7. The van der Waals surface area contributed by atoms with E-state index >= 15 is 0 Å². The van der Waals surface area contributed by atoms with Crippen LogP contribution in [0, 0.1) is 17.6 Å². The summed E-state index contributed by atoms with van der Waals surface area (Å²) in [5.41, 5.74) is 1.13. The van der Waals surface area contributed by atoms with E-state index in [-0.39, 0.29) is 17.6 Å². The molecule has 0 aliphatic heterocycles. The molecule has 0 saturated heterocycles. The highest BCUT2D eigenvalue weighted by Crippen LogP contribution is 2.41. The van der Waals surface area contributed by atoms with Crippen molar-refractivity contribution in [3.8, 4) is 0 Å². The SMILES string of the molecule is C[C@H](N[C@@H](c1ccccc1)C1CC1)C(=O)Nc1ccc(F)cc1F. The van der Waals surface area contributed by atoms with Crippen molar-refractivity contribution < 1.29 is 13.6 Å². The van der Waals surface area contributed by atoms with Crippen LogP contribution in [0.15, 0.2) is 48.5 Å². The number of carbonyl (C=O) groups excluding carboxylic acids is 1. The zero-order valence-electron chi connectivity index (χ0n) is 13.4. The third-order valence-corrected chi connectivity index (χ3v) is 4.26. The van der Waals surface area contributed by atoms with Crippen molar-refractivity contribution in [2.45, 2.75) is 31.8 Å². The zero-order chi connectivity index (χ0) is 17.1. The van der Waals surface area contributed by atoms with Gasteiger partial charge in [0, 0.05) is 12.1 Å². The maximum absolute atomic E-state index is 13.7. The van der Waals surface area contributed by atoms with Gasteiger partial charge in [-0.2, -0.15) is 0 Å². The zero-order valence-corrected chi connectivity index (χ0v) is 13.4. The highest BCUT2D eigenvalue weighted by molar-refractivity contribution is 5.94. The van der Waals surface area contributed by atoms with Crippen LogP contribution in [0.1, 0.15) is 31.4 Å². The minimum Gasteiger partial charge on any atom is -0.322 e. The van der Waals surface area contributed by atoms with Crippen molar-refractivity contribution in [1.82, 2.24) is 5.32 Å². The van der Waals surface area contributed by atoms with Crippen molar-refractivity contribution in [2.75, 3.05) is 5.32 Å². The van der Waals surface area contributed by atoms with Crippen LogP contribution in [0.5, 0.6) is 0 Å². The first-order chi connectivity index (χ1) is 11.5. The minimum atomic E-state index is -0.780. The molecule has 24 heavy (non-hydrogen) atoms. The van der Waals surface area contributed by atoms with Gasteiger partial charge < -0.3 is 5.32 Å². The molecule has 1 fully saturated rings. The summed E-state index contributed by atoms with van der Waals surface area (Å²) in [6.07, 6.45) is 2.26. The van der Waals surface area contributed by atoms with Crippen LogP contribution in [0.2, 0.25) is 0 Å². The largest absolute Gasteiger partial charge is 0.322 e. The van der Waals surface area contributed by atoms with E-state index in [4.69, 9.17) is 0 Å². The van der Waals surface area contributed by atoms with Crippen molar-refractivity contribution in [2.24, 2.45) is 5.92 Å². The summed E-state index contributed by atoms with van der Waals surface area (Å²) in [7, 11) is 0. The molecule has 0 radical (unpaired) electrons. The fourth-order valence-electron chi connectivity index (χ4n) is 2.77. The first kappa shape index (κ1) is 16.6. The second kappa shape index (κ2) is 7.09. The Morgan fingerprint density at radius 1 is 1.12 bits per heavy atom. The van der Waals surface area contributed by atoms with Crippen LogP contribution in [0.4, 0.5) is 14.5 Å². The Morgan fingerprint density at radius 2 is 1.83 bits per heavy atom. The summed E-state index contributed by atoms with van der Waals surface area (Å²) in [5.74, 6) is -1.28. The normalized spacial score (nSPS) is 16.5. The quantitative estimate of drug-likeness (QED) is 0.839. The maximum atomic E-state index is 13.7. The number of benzene rings is 2. The standard InChI is InChI=1S/C19H20F2N2O/c1-12(19(24)23-17-10-9-15(20)11-16(17)21)22-18(14-7-8-14)13-5-3-2-4-6-13/h2-6,9-12,14,18,22H,7-8H2,1H3,(H,23,24)/t12-,18-/m0/s1. The van der Waals surface area contributed by atoms with Crippen molar-refractivity contribution >= 4 is 11.6 Å². The molecule has 2 atom stereocenters. The molecule has 2 aromatic carbocycles. The number of rotatable bonds is 6. The van der Waals surface area contributed by atoms with E-state index < -0.39 is 17.7 Å². The number of carbonyl (C=O) groups is 1. The van der Waals surface area contributed by atoms with Crippen LogP contribution < -0.4 is 10.6 Å². The molecule has 126 valence electrons. The second-order valence-corrected chi connectivity index (χ2v) is 6.23. The van der Waals surface area contributed by atoms with E-state index in [0.29, 0.717) is 5.92 Å². The summed E-state index contributed by atoms with van der Waals surface area (Å²) in [5, 5.41) is 5.85. The second-order valence-electron chi connectivity index (χ2n) is 6.23. The third kappa shape index (κ3) is 3.97. The summed E-state index contributed by atoms with van der Waals surface area (Å²) >= 11 is 0. The molecule has 2 N–H and O–H groups in total. The van der Waals surface area contributed by atoms with Gasteiger partial charge in [-0.3, -0.25) is 10.1 Å². The van der Waals surface area contributed by atoms with Gasteiger partial charge in [-0.25, -0.2) is 8.78 Å². The Kier molecular flexibility index (Phi) is 4.90. The molecule has 3 nitrogen and oxygen atoms in total. The lowest BCUT2D eigenvalue weighted by Gasteiger charge is -2.23. The van der Waals surface area contributed by atoms with Gasteiger partial charge in [0.05, 0.1) is 11.7 Å². The Hall–Kier alpha value is -2.27. The Labute approximate surface area is 140 Å². The number of nitrogens with one attached hydrogen (secondary N) is 2. The lowest BCUT2D eigenvalue weighted by Crippen LogP contribution is -2.41. The topological polar surface area (TPSA) is 41.1 Å². The summed E-state index contributed by atoms with van der Waals surface area (Å²) < 4.78 is 26.6. The van der Waals surface area contributed by atoms with Gasteiger partial charge in [0.1, 0.15) is 11.6 Å². The van der Waals surface area contributed by atoms with Crippen molar-refractivity contribution in [3.05, 3.63) is 65.7 Å². The maximum Gasteiger partial charge on any atom is 0.241 e. The van der Waals surface area contributed by atoms with Gasteiger partial charge in [0.25, 0.3) is 0 Å². The van der Waals surface area contributed by atoms with Gasteiger partial charge >= 0.3 is 0 Å². The first-order valence-corrected chi connectivity index (χ1v) is 8.11. The van der Waals surface area contributed by atoms with Gasteiger partial charge in [-0.15, -0.1) is 0 Å². The molecule has 1 aliphatic carbocycles. The Bertz CT molecular complexity index is 717. The molecule has 1 aliphatic rings. The minimum absolute atomic E-state index is 0.0160. The van der Waals surface area contributed by atoms with E-state index in [1.54, 1.807) is 6.92 Å². The number of anilines is 1. The molecule has 1 saturated carbocycles. The van der Waals surface area contributed by atoms with E-state index in [1.807, 2.05) is 30.3 Å². The Morgan fingerprint density at radius 3 is 2.46 bits per heavy atom. The van der Waals surface area contributed by atoms with E-state index in [9.17, 15) is 13.6 Å². The fraction of sp³-hybridized carbons (Fsp3) is 0.316. The van der Waals surface area contributed by atoms with Gasteiger partial charge in [0.2, 0.25) is 5.91 Å². The van der Waals surface area contributed by atoms with Crippen molar-refractivity contribution in [3.63, 3.8) is 0 Å². The molecule has 0 aromatic heterocycles. The number of hydrogen-bond donors (Lipinski definition) is 2. The predicted molar refractivity (Wildman–Crippen MR) is 89.5 cm³/mol. The van der Waals surface area contributed by atoms with Crippen molar-refractivity contribution in [1.29, 1.82) is 0 Å². The van der Waals surface area contributed by atoms with Crippen LogP contribution in [-0.2, 0) is 4.79 Å². The van der Waals surface area contributed by atoms with E-state index in [0.717, 1.165) is 30.5 Å². The Balaban J connectivity index is 1.66. The highest BCUT2D eigenvalue weighted by atomic mass is 19.1. The molecular weight excluding hydrogens is 310 g/mol. The smallest absolute Gasteiger partial charge is 0.241 e. The van der Waals surface area contributed by atoms with Crippen LogP contribution in [0.25, 0.3) is 0 Å². The van der Waals surface area contributed by atoms with Gasteiger partial charge in [-0.05, 0) is 43.4 Å². The van der Waals surface area contributed by atoms with Gasteiger partial charge in [0.15, 0.2) is 0 Å². The molecule has 1 amide bonds. The molecule has 0 unspecified atom stereocenters. The molecule has 3 rings (SSSR count). The molecule has 0 spiro atoms. The third-order valence-electron chi connectivity index (χ3n) is 4.26. The lowest BCUT2D eigenvalue weighted by molar-refractivity contribution is -0.118. The molecule has 0 heterocycles. The van der Waals surface area contributed by atoms with Gasteiger partial charge in [-0.1, -0.05) is 30.3 Å². The monoisotopic (exact) mass is 330 g/mol. The predicted octanol–water partition coefficient (Wildman–Crippen LogP) is 4.03. The number of hydrogen-bond acceptors (Lipinski definition) is 2. The average Bonchev–Trinajstić information content (AvgIpc) is 3.40. The van der Waals surface area contributed by atoms with Crippen LogP contribution in [0.3, 0.4) is 0 Å². The molecular formula is C19H20F2N2O. The number of halogens is 2. The summed E-state index contributed by atoms with van der Waals surface area (Å²) in [4.78, 5) is 12.3. The molecule has 5 heteroatoms. The average molecular weight is 330 g/mol. The fourth-order valence-corrected chi connectivity index (χ4v) is 2.77. The summed E-state index contributed by atoms with van der Waals surface area (Å²) in [6.45, 7) is 1.75. The highest BCUT2D eigenvalue weighted by Gasteiger charge is 2.34.